The van der Waals surface area contributed by atoms with E-state index in [1.807, 2.05) is 24.3 Å². The summed E-state index contributed by atoms with van der Waals surface area (Å²) in [5, 5.41) is 13.4. The van der Waals surface area contributed by atoms with Crippen LogP contribution in [0.4, 0.5) is 0 Å². The molecule has 0 spiro atoms. The van der Waals surface area contributed by atoms with Gasteiger partial charge >= 0.3 is 0 Å². The zero-order valence-electron chi connectivity index (χ0n) is 12.0. The van der Waals surface area contributed by atoms with E-state index < -0.39 is 0 Å². The molecule has 1 fully saturated rings. The lowest BCUT2D eigenvalue weighted by Crippen LogP contribution is -2.41. The van der Waals surface area contributed by atoms with E-state index in [9.17, 15) is 4.79 Å². The summed E-state index contributed by atoms with van der Waals surface area (Å²) in [6.07, 6.45) is 0. The molecule has 2 aromatic heterocycles. The zero-order chi connectivity index (χ0) is 15.8. The Morgan fingerprint density at radius 3 is 2.78 bits per heavy atom. The molecule has 0 saturated carbocycles. The second-order valence-corrected chi connectivity index (χ2v) is 6.82. The molecule has 3 heterocycles. The average Bonchev–Trinajstić information content (AvgIpc) is 3.16. The summed E-state index contributed by atoms with van der Waals surface area (Å²) in [5.41, 5.74) is 0.966. The molecule has 7 nitrogen and oxygen atoms in total. The van der Waals surface area contributed by atoms with Gasteiger partial charge in [0.25, 0.3) is 5.91 Å². The lowest BCUT2D eigenvalue weighted by molar-refractivity contribution is 0.0293. The van der Waals surface area contributed by atoms with Gasteiger partial charge in [-0.15, -0.1) is 10.2 Å². The van der Waals surface area contributed by atoms with Crippen LogP contribution in [-0.4, -0.2) is 56.9 Å². The monoisotopic (exact) mass is 393 g/mol. The summed E-state index contributed by atoms with van der Waals surface area (Å²) in [6, 6.07) is 7.82. The number of ether oxygens (including phenoxy) is 1. The lowest BCUT2D eigenvalue weighted by Gasteiger charge is -2.25. The van der Waals surface area contributed by atoms with Gasteiger partial charge in [-0.3, -0.25) is 4.79 Å². The normalized spacial score (nSPS) is 15.3. The lowest BCUT2D eigenvalue weighted by atomic mass is 10.2. The summed E-state index contributed by atoms with van der Waals surface area (Å²) >= 11 is 4.92. The van der Waals surface area contributed by atoms with Gasteiger partial charge in [-0.25, -0.2) is 0 Å². The molecule has 0 atom stereocenters. The molecule has 0 N–H and O–H groups in total. The molecule has 4 rings (SSSR count). The Kier molecular flexibility index (Phi) is 3.83. The van der Waals surface area contributed by atoms with E-state index >= 15 is 0 Å². The smallest absolute Gasteiger partial charge is 0.293 e. The van der Waals surface area contributed by atoms with Crippen LogP contribution in [0.25, 0.3) is 15.5 Å². The van der Waals surface area contributed by atoms with Crippen LogP contribution in [0.15, 0.2) is 28.7 Å². The number of rotatable bonds is 2. The van der Waals surface area contributed by atoms with Crippen molar-refractivity contribution in [3.8, 4) is 10.6 Å². The number of carbonyl (C=O) groups is 1. The maximum absolute atomic E-state index is 12.6. The van der Waals surface area contributed by atoms with E-state index in [4.69, 9.17) is 4.74 Å². The van der Waals surface area contributed by atoms with Crippen molar-refractivity contribution in [1.29, 1.82) is 0 Å². The maximum atomic E-state index is 12.6. The molecule has 1 aromatic carbocycles. The van der Waals surface area contributed by atoms with Gasteiger partial charge in [0, 0.05) is 23.1 Å². The molecule has 3 aromatic rings. The van der Waals surface area contributed by atoms with E-state index in [0.29, 0.717) is 31.3 Å². The van der Waals surface area contributed by atoms with Crippen LogP contribution in [0.2, 0.25) is 0 Å². The molecule has 1 amide bonds. The predicted octanol–water partition coefficient (Wildman–Crippen LogP) is 2.09. The second kappa shape index (κ2) is 5.99. The topological polar surface area (TPSA) is 72.6 Å². The first-order valence-corrected chi connectivity index (χ1v) is 8.69. The largest absolute Gasteiger partial charge is 0.378 e. The Bertz CT molecular complexity index is 871. The van der Waals surface area contributed by atoms with Crippen molar-refractivity contribution < 1.29 is 9.53 Å². The van der Waals surface area contributed by atoms with Gasteiger partial charge in [0.05, 0.1) is 13.2 Å². The molecule has 0 bridgehead atoms. The molecule has 1 saturated heterocycles. The van der Waals surface area contributed by atoms with E-state index in [1.54, 1.807) is 4.90 Å². The Morgan fingerprint density at radius 1 is 1.22 bits per heavy atom. The van der Waals surface area contributed by atoms with Crippen molar-refractivity contribution in [2.75, 3.05) is 26.3 Å². The van der Waals surface area contributed by atoms with Gasteiger partial charge < -0.3 is 9.64 Å². The highest BCUT2D eigenvalue weighted by molar-refractivity contribution is 9.10. The van der Waals surface area contributed by atoms with Crippen molar-refractivity contribution in [1.82, 2.24) is 24.7 Å². The number of carbonyl (C=O) groups excluding carboxylic acids is 1. The number of amides is 1. The molecule has 1 aliphatic rings. The molecular formula is C14H12BrN5O2S. The minimum atomic E-state index is -0.162. The number of nitrogens with zero attached hydrogens (tertiary/aromatic N) is 5. The summed E-state index contributed by atoms with van der Waals surface area (Å²) < 4.78 is 7.75. The van der Waals surface area contributed by atoms with E-state index in [2.05, 4.69) is 31.2 Å². The fourth-order valence-corrected chi connectivity index (χ4v) is 3.88. The highest BCUT2D eigenvalue weighted by atomic mass is 79.9. The predicted molar refractivity (Wildman–Crippen MR) is 88.5 cm³/mol. The molecule has 118 valence electrons. The molecular weight excluding hydrogens is 382 g/mol. The van der Waals surface area contributed by atoms with Crippen molar-refractivity contribution in [3.63, 3.8) is 0 Å². The molecule has 23 heavy (non-hydrogen) atoms. The number of benzene rings is 1. The fourth-order valence-electron chi connectivity index (χ4n) is 2.40. The first-order chi connectivity index (χ1) is 11.2. The molecule has 1 aliphatic heterocycles. The SMILES string of the molecule is O=C(c1nnc2sc(-c3ccccc3Br)nn12)N1CCOCC1. The van der Waals surface area contributed by atoms with Gasteiger partial charge in [0.15, 0.2) is 0 Å². The maximum Gasteiger partial charge on any atom is 0.293 e. The summed E-state index contributed by atoms with van der Waals surface area (Å²) in [6.45, 7) is 2.23. The van der Waals surface area contributed by atoms with Gasteiger partial charge in [-0.05, 0) is 6.07 Å². The van der Waals surface area contributed by atoms with Crippen LogP contribution in [0.5, 0.6) is 0 Å². The standard InChI is InChI=1S/C14H12BrN5O2S/c15-10-4-2-1-3-9(10)12-18-20-11(16-17-14(20)23-12)13(21)19-5-7-22-8-6-19/h1-4H,5-8H2. The Hall–Kier alpha value is -1.84. The van der Waals surface area contributed by atoms with E-state index in [1.165, 1.54) is 15.9 Å². The van der Waals surface area contributed by atoms with Crippen LogP contribution in [-0.2, 0) is 4.74 Å². The number of aromatic nitrogens is 4. The third kappa shape index (κ3) is 2.64. The third-order valence-corrected chi connectivity index (χ3v) is 5.21. The first kappa shape index (κ1) is 14.7. The van der Waals surface area contributed by atoms with Crippen molar-refractivity contribution in [2.45, 2.75) is 0 Å². The van der Waals surface area contributed by atoms with Gasteiger partial charge in [0.2, 0.25) is 10.8 Å². The highest BCUT2D eigenvalue weighted by Crippen LogP contribution is 2.31. The number of morpholine rings is 1. The third-order valence-electron chi connectivity index (χ3n) is 3.58. The number of hydrogen-bond acceptors (Lipinski definition) is 6. The van der Waals surface area contributed by atoms with Crippen molar-refractivity contribution in [2.24, 2.45) is 0 Å². The molecule has 0 aliphatic carbocycles. The van der Waals surface area contributed by atoms with E-state index in [-0.39, 0.29) is 11.7 Å². The molecule has 0 unspecified atom stereocenters. The van der Waals surface area contributed by atoms with Gasteiger partial charge in [-0.1, -0.05) is 45.5 Å². The van der Waals surface area contributed by atoms with Gasteiger partial charge in [0.1, 0.15) is 5.01 Å². The van der Waals surface area contributed by atoms with Crippen LogP contribution in [0.1, 0.15) is 10.6 Å². The summed E-state index contributed by atoms with van der Waals surface area (Å²) in [5.74, 6) is 0.0845. The Labute approximate surface area is 144 Å². The van der Waals surface area contributed by atoms with E-state index in [0.717, 1.165) is 15.0 Å². The fraction of sp³-hybridized carbons (Fsp3) is 0.286. The van der Waals surface area contributed by atoms with Crippen molar-refractivity contribution in [3.05, 3.63) is 34.6 Å². The average molecular weight is 394 g/mol. The zero-order valence-corrected chi connectivity index (χ0v) is 14.4. The van der Waals surface area contributed by atoms with Crippen LogP contribution < -0.4 is 0 Å². The van der Waals surface area contributed by atoms with Crippen molar-refractivity contribution >= 4 is 38.1 Å². The van der Waals surface area contributed by atoms with Crippen LogP contribution in [0, 0.1) is 0 Å². The minimum Gasteiger partial charge on any atom is -0.378 e. The quantitative estimate of drug-likeness (QED) is 0.666. The van der Waals surface area contributed by atoms with Crippen LogP contribution in [0.3, 0.4) is 0 Å². The van der Waals surface area contributed by atoms with Gasteiger partial charge in [-0.2, -0.15) is 9.61 Å². The summed E-state index contributed by atoms with van der Waals surface area (Å²) in [7, 11) is 0. The number of fused-ring (bicyclic) bond motifs is 1. The summed E-state index contributed by atoms with van der Waals surface area (Å²) in [4.78, 5) is 14.9. The first-order valence-electron chi connectivity index (χ1n) is 7.08. The minimum absolute atomic E-state index is 0.162. The van der Waals surface area contributed by atoms with Crippen LogP contribution >= 0.6 is 27.3 Å². The Balaban J connectivity index is 1.72. The number of halogens is 1. The number of hydrogen-bond donors (Lipinski definition) is 0. The second-order valence-electron chi connectivity index (χ2n) is 5.01. The Morgan fingerprint density at radius 2 is 2.00 bits per heavy atom. The molecule has 0 radical (unpaired) electrons. The highest BCUT2D eigenvalue weighted by Gasteiger charge is 2.25. The molecule has 9 heteroatoms.